The minimum atomic E-state index is -0.711. The summed E-state index contributed by atoms with van der Waals surface area (Å²) in [5.41, 5.74) is 1.27. The first-order valence-corrected chi connectivity index (χ1v) is 10.5. The fraction of sp³-hybridized carbons (Fsp3) is 0.333. The van der Waals surface area contributed by atoms with Crippen LogP contribution in [0.25, 0.3) is 5.76 Å². The number of benzene rings is 2. The molecular formula is C24H27N2O5+. The van der Waals surface area contributed by atoms with Gasteiger partial charge in [-0.3, -0.25) is 9.59 Å². The number of amides is 1. The quantitative estimate of drug-likeness (QED) is 0.412. The normalized spacial score (nSPS) is 21.5. The molecule has 2 N–H and O–H groups in total. The number of carbonyl (C=O) groups is 2. The first kappa shape index (κ1) is 21.1. The minimum Gasteiger partial charge on any atom is -0.507 e. The number of hydrogen-bond donors (Lipinski definition) is 2. The lowest BCUT2D eigenvalue weighted by Gasteiger charge is -2.29. The average Bonchev–Trinajstić information content (AvgIpc) is 3.08. The highest BCUT2D eigenvalue weighted by molar-refractivity contribution is 6.46. The summed E-state index contributed by atoms with van der Waals surface area (Å²) in [7, 11) is 1.56. The smallest absolute Gasteiger partial charge is 0.295 e. The highest BCUT2D eigenvalue weighted by atomic mass is 16.5. The van der Waals surface area contributed by atoms with Crippen LogP contribution >= 0.6 is 0 Å². The Labute approximate surface area is 181 Å². The number of aliphatic hydroxyl groups is 1. The van der Waals surface area contributed by atoms with Gasteiger partial charge in [-0.25, -0.2) is 0 Å². The molecule has 1 atom stereocenters. The highest BCUT2D eigenvalue weighted by Gasteiger charge is 2.47. The molecule has 2 saturated heterocycles. The van der Waals surface area contributed by atoms with Gasteiger partial charge in [-0.05, 0) is 6.07 Å². The molecule has 0 saturated carbocycles. The van der Waals surface area contributed by atoms with E-state index in [1.165, 1.54) is 4.90 Å². The number of hydrogen-bond acceptors (Lipinski definition) is 5. The molecule has 2 aliphatic rings. The summed E-state index contributed by atoms with van der Waals surface area (Å²) in [6, 6.07) is 15.4. The molecule has 2 aromatic rings. The predicted molar refractivity (Wildman–Crippen MR) is 115 cm³/mol. The Kier molecular flexibility index (Phi) is 6.34. The summed E-state index contributed by atoms with van der Waals surface area (Å²) < 4.78 is 10.9. The molecule has 0 radical (unpaired) electrons. The fourth-order valence-electron chi connectivity index (χ4n) is 4.27. The molecule has 2 aliphatic heterocycles. The van der Waals surface area contributed by atoms with Crippen molar-refractivity contribution in [1.82, 2.24) is 4.90 Å². The summed E-state index contributed by atoms with van der Waals surface area (Å²) in [5.74, 6) is -0.872. The van der Waals surface area contributed by atoms with Crippen molar-refractivity contribution in [2.24, 2.45) is 0 Å². The van der Waals surface area contributed by atoms with Crippen molar-refractivity contribution in [3.8, 4) is 5.75 Å². The number of morpholine rings is 1. The third kappa shape index (κ3) is 4.19. The third-order valence-electron chi connectivity index (χ3n) is 5.93. The van der Waals surface area contributed by atoms with Crippen LogP contribution in [-0.2, 0) is 14.3 Å². The van der Waals surface area contributed by atoms with E-state index in [9.17, 15) is 14.7 Å². The van der Waals surface area contributed by atoms with Gasteiger partial charge in [0.05, 0.1) is 45.0 Å². The van der Waals surface area contributed by atoms with E-state index in [0.29, 0.717) is 43.2 Å². The summed E-state index contributed by atoms with van der Waals surface area (Å²) in [5, 5.41) is 11.1. The molecule has 162 valence electrons. The Hall–Kier alpha value is -3.16. The van der Waals surface area contributed by atoms with E-state index in [4.69, 9.17) is 9.47 Å². The number of likely N-dealkylation sites (tertiary alicyclic amines) is 1. The Morgan fingerprint density at radius 2 is 1.77 bits per heavy atom. The Bertz CT molecular complexity index is 982. The number of aliphatic hydroxyl groups excluding tert-OH is 1. The largest absolute Gasteiger partial charge is 0.507 e. The third-order valence-corrected chi connectivity index (χ3v) is 5.93. The monoisotopic (exact) mass is 423 g/mol. The van der Waals surface area contributed by atoms with Gasteiger partial charge in [-0.1, -0.05) is 48.5 Å². The molecule has 31 heavy (non-hydrogen) atoms. The number of ether oxygens (including phenoxy) is 2. The number of quaternary nitrogens is 1. The van der Waals surface area contributed by atoms with E-state index < -0.39 is 17.7 Å². The van der Waals surface area contributed by atoms with Gasteiger partial charge in [-0.15, -0.1) is 0 Å². The van der Waals surface area contributed by atoms with Gasteiger partial charge in [-0.2, -0.15) is 0 Å². The second-order valence-electron chi connectivity index (χ2n) is 7.71. The topological polar surface area (TPSA) is 80.5 Å². The zero-order valence-electron chi connectivity index (χ0n) is 17.5. The van der Waals surface area contributed by atoms with Crippen LogP contribution in [0, 0.1) is 0 Å². The van der Waals surface area contributed by atoms with Gasteiger partial charge in [0.2, 0.25) is 0 Å². The number of methoxy groups -OCH3 is 1. The molecule has 4 rings (SSSR count). The lowest BCUT2D eigenvalue weighted by atomic mass is 9.94. The van der Waals surface area contributed by atoms with Gasteiger partial charge in [0, 0.05) is 11.1 Å². The fourth-order valence-corrected chi connectivity index (χ4v) is 4.27. The van der Waals surface area contributed by atoms with Crippen LogP contribution in [0.4, 0.5) is 0 Å². The number of nitrogens with zero attached hydrogens (tertiary/aromatic N) is 1. The number of para-hydroxylation sites is 1. The summed E-state index contributed by atoms with van der Waals surface area (Å²) in [6.45, 7) is 4.22. The SMILES string of the molecule is COc1ccccc1[C@H]1C(=C(O)c2ccccc2)C(=O)C(=O)N1CC[NH+]1CCOCC1. The van der Waals surface area contributed by atoms with Gasteiger partial charge in [0.15, 0.2) is 0 Å². The molecule has 2 heterocycles. The van der Waals surface area contributed by atoms with Crippen molar-refractivity contribution in [1.29, 1.82) is 0 Å². The second kappa shape index (κ2) is 9.32. The van der Waals surface area contributed by atoms with E-state index >= 15 is 0 Å². The van der Waals surface area contributed by atoms with Crippen LogP contribution in [0.2, 0.25) is 0 Å². The first-order valence-electron chi connectivity index (χ1n) is 10.5. The van der Waals surface area contributed by atoms with Crippen molar-refractivity contribution in [2.75, 3.05) is 46.5 Å². The standard InChI is InChI=1S/C24H26N2O5/c1-30-19-10-6-5-9-18(19)21-20(22(27)17-7-3-2-4-8-17)23(28)24(29)26(21)12-11-25-13-15-31-16-14-25/h2-10,21,27H,11-16H2,1H3/p+1/t21-/m0/s1. The minimum absolute atomic E-state index is 0.0951. The molecule has 1 amide bonds. The zero-order valence-corrected chi connectivity index (χ0v) is 17.5. The number of nitrogens with one attached hydrogen (secondary N) is 1. The molecule has 2 aromatic carbocycles. The number of Topliss-reactive ketones (excluding diaryl/α,β-unsaturated/α-hetero) is 1. The Morgan fingerprint density at radius 3 is 2.48 bits per heavy atom. The maximum Gasteiger partial charge on any atom is 0.295 e. The van der Waals surface area contributed by atoms with E-state index in [-0.39, 0.29) is 11.3 Å². The van der Waals surface area contributed by atoms with E-state index in [0.717, 1.165) is 13.1 Å². The number of carbonyl (C=O) groups excluding carboxylic acids is 2. The van der Waals surface area contributed by atoms with Crippen LogP contribution < -0.4 is 9.64 Å². The molecule has 7 nitrogen and oxygen atoms in total. The Morgan fingerprint density at radius 1 is 1.10 bits per heavy atom. The van der Waals surface area contributed by atoms with Crippen molar-refractivity contribution >= 4 is 17.4 Å². The van der Waals surface area contributed by atoms with Gasteiger partial charge >= 0.3 is 0 Å². The molecule has 0 bridgehead atoms. The van der Waals surface area contributed by atoms with E-state index in [1.807, 2.05) is 24.3 Å². The Balaban J connectivity index is 1.76. The predicted octanol–water partition coefficient (Wildman–Crippen LogP) is 1.03. The molecular weight excluding hydrogens is 396 g/mol. The maximum absolute atomic E-state index is 13.1. The van der Waals surface area contributed by atoms with E-state index in [1.54, 1.807) is 42.3 Å². The first-order chi connectivity index (χ1) is 15.1. The van der Waals surface area contributed by atoms with Crippen LogP contribution in [0.5, 0.6) is 5.75 Å². The molecule has 0 aliphatic carbocycles. The zero-order chi connectivity index (χ0) is 21.8. The molecule has 0 spiro atoms. The molecule has 7 heteroatoms. The lowest BCUT2D eigenvalue weighted by Crippen LogP contribution is -3.14. The molecule has 0 aromatic heterocycles. The van der Waals surface area contributed by atoms with Crippen molar-refractivity contribution in [3.63, 3.8) is 0 Å². The van der Waals surface area contributed by atoms with Crippen LogP contribution in [0.3, 0.4) is 0 Å². The van der Waals surface area contributed by atoms with Gasteiger partial charge in [0.1, 0.15) is 24.6 Å². The lowest BCUT2D eigenvalue weighted by molar-refractivity contribution is -0.907. The van der Waals surface area contributed by atoms with Crippen molar-refractivity contribution in [3.05, 3.63) is 71.3 Å². The van der Waals surface area contributed by atoms with Gasteiger partial charge < -0.3 is 24.4 Å². The second-order valence-corrected chi connectivity index (χ2v) is 7.71. The molecule has 0 unspecified atom stereocenters. The summed E-state index contributed by atoms with van der Waals surface area (Å²) in [4.78, 5) is 29.0. The van der Waals surface area contributed by atoms with E-state index in [2.05, 4.69) is 0 Å². The van der Waals surface area contributed by atoms with Crippen LogP contribution in [-0.4, -0.2) is 68.2 Å². The van der Waals surface area contributed by atoms with Crippen LogP contribution in [0.1, 0.15) is 17.2 Å². The highest BCUT2D eigenvalue weighted by Crippen LogP contribution is 2.42. The maximum atomic E-state index is 13.1. The van der Waals surface area contributed by atoms with Crippen molar-refractivity contribution in [2.45, 2.75) is 6.04 Å². The van der Waals surface area contributed by atoms with Crippen LogP contribution in [0.15, 0.2) is 60.2 Å². The van der Waals surface area contributed by atoms with Crippen molar-refractivity contribution < 1.29 is 29.1 Å². The van der Waals surface area contributed by atoms with Gasteiger partial charge in [0.25, 0.3) is 11.7 Å². The molecule has 2 fully saturated rings. The number of ketones is 1. The summed E-state index contributed by atoms with van der Waals surface area (Å²) in [6.07, 6.45) is 0. The average molecular weight is 423 g/mol. The summed E-state index contributed by atoms with van der Waals surface area (Å²) >= 11 is 0. The number of rotatable bonds is 6.